The first-order valence-corrected chi connectivity index (χ1v) is 11.5. The van der Waals surface area contributed by atoms with E-state index in [0.29, 0.717) is 28.9 Å². The highest BCUT2D eigenvalue weighted by Crippen LogP contribution is 2.27. The van der Waals surface area contributed by atoms with Crippen LogP contribution in [0.4, 0.5) is 5.69 Å². The Labute approximate surface area is 190 Å². The third-order valence-corrected chi connectivity index (χ3v) is 6.33. The third kappa shape index (κ3) is 5.31. The monoisotopic (exact) mass is 457 g/mol. The maximum absolute atomic E-state index is 12.4. The van der Waals surface area contributed by atoms with Gasteiger partial charge in [0.2, 0.25) is 11.8 Å². The fraction of sp³-hybridized carbons (Fsp3) is 0.455. The van der Waals surface area contributed by atoms with Crippen LogP contribution in [0.3, 0.4) is 0 Å². The molecule has 4 rings (SSSR count). The van der Waals surface area contributed by atoms with Crippen molar-refractivity contribution in [2.24, 2.45) is 0 Å². The van der Waals surface area contributed by atoms with Crippen LogP contribution in [0.5, 0.6) is 5.75 Å². The molecule has 2 aromatic heterocycles. The van der Waals surface area contributed by atoms with Gasteiger partial charge in [-0.1, -0.05) is 29.1 Å². The molecule has 3 heterocycles. The number of hydrogen-bond acceptors (Lipinski definition) is 8. The molecule has 1 aromatic carbocycles. The van der Waals surface area contributed by atoms with Crippen molar-refractivity contribution in [2.45, 2.75) is 56.7 Å². The largest absolute Gasteiger partial charge is 0.495 e. The van der Waals surface area contributed by atoms with Crippen LogP contribution in [-0.4, -0.2) is 45.4 Å². The predicted molar refractivity (Wildman–Crippen MR) is 120 cm³/mol. The van der Waals surface area contributed by atoms with E-state index in [-0.39, 0.29) is 18.4 Å². The van der Waals surface area contributed by atoms with Gasteiger partial charge in [-0.3, -0.25) is 4.79 Å². The first-order valence-electron chi connectivity index (χ1n) is 10.6. The van der Waals surface area contributed by atoms with Crippen molar-refractivity contribution in [1.29, 1.82) is 0 Å². The highest BCUT2D eigenvalue weighted by atomic mass is 32.2. The molecule has 9 nitrogen and oxygen atoms in total. The van der Waals surface area contributed by atoms with Crippen LogP contribution in [0.15, 0.2) is 33.9 Å². The van der Waals surface area contributed by atoms with Gasteiger partial charge >= 0.3 is 0 Å². The van der Waals surface area contributed by atoms with Crippen LogP contribution in [0.2, 0.25) is 0 Å². The number of amides is 1. The maximum Gasteiger partial charge on any atom is 0.237 e. The van der Waals surface area contributed by atoms with E-state index < -0.39 is 0 Å². The molecule has 0 saturated carbocycles. The van der Waals surface area contributed by atoms with Gasteiger partial charge in [0.15, 0.2) is 11.0 Å². The van der Waals surface area contributed by atoms with Gasteiger partial charge in [-0.25, -0.2) is 4.98 Å². The SMILES string of the molecule is COc1ccccc1NC(=O)Cc1noc(CSc2nc(C)c(C)n2CC2CCCO2)n1. The summed E-state index contributed by atoms with van der Waals surface area (Å²) in [5, 5.41) is 7.66. The van der Waals surface area contributed by atoms with Gasteiger partial charge < -0.3 is 23.9 Å². The molecular formula is C22H27N5O4S. The minimum atomic E-state index is -0.243. The first kappa shape index (κ1) is 22.3. The molecular weight excluding hydrogens is 430 g/mol. The van der Waals surface area contributed by atoms with Crippen molar-refractivity contribution >= 4 is 23.4 Å². The lowest BCUT2D eigenvalue weighted by Gasteiger charge is -2.14. The Balaban J connectivity index is 1.35. The van der Waals surface area contributed by atoms with Crippen LogP contribution in [-0.2, 0) is 28.2 Å². The number of imidazole rings is 1. The Bertz CT molecular complexity index is 1070. The van der Waals surface area contributed by atoms with Gasteiger partial charge in [-0.2, -0.15) is 4.98 Å². The van der Waals surface area contributed by atoms with Crippen molar-refractivity contribution in [3.05, 3.63) is 47.4 Å². The zero-order valence-electron chi connectivity index (χ0n) is 18.5. The minimum absolute atomic E-state index is 0.0120. The molecule has 1 aliphatic heterocycles. The molecule has 0 aliphatic carbocycles. The van der Waals surface area contributed by atoms with Gasteiger partial charge in [-0.05, 0) is 38.8 Å². The molecule has 10 heteroatoms. The third-order valence-electron chi connectivity index (χ3n) is 5.37. The Morgan fingerprint density at radius 3 is 2.94 bits per heavy atom. The molecule has 170 valence electrons. The van der Waals surface area contributed by atoms with Crippen molar-refractivity contribution in [1.82, 2.24) is 19.7 Å². The predicted octanol–water partition coefficient (Wildman–Crippen LogP) is 3.54. The fourth-order valence-electron chi connectivity index (χ4n) is 3.57. The van der Waals surface area contributed by atoms with Gasteiger partial charge in [0.05, 0.1) is 43.3 Å². The number of nitrogens with zero attached hydrogens (tertiary/aromatic N) is 4. The number of anilines is 1. The lowest BCUT2D eigenvalue weighted by molar-refractivity contribution is -0.115. The van der Waals surface area contributed by atoms with Crippen molar-refractivity contribution in [3.8, 4) is 5.75 Å². The Morgan fingerprint density at radius 2 is 2.16 bits per heavy atom. The quantitative estimate of drug-likeness (QED) is 0.487. The maximum atomic E-state index is 12.4. The summed E-state index contributed by atoms with van der Waals surface area (Å²) in [6.45, 7) is 5.71. The summed E-state index contributed by atoms with van der Waals surface area (Å²) in [5.41, 5.74) is 2.75. The molecule has 1 fully saturated rings. The number of methoxy groups -OCH3 is 1. The number of aryl methyl sites for hydroxylation is 1. The molecule has 0 radical (unpaired) electrons. The van der Waals surface area contributed by atoms with Gasteiger partial charge in [0, 0.05) is 12.3 Å². The average Bonchev–Trinajstić information content (AvgIpc) is 3.51. The van der Waals surface area contributed by atoms with Crippen LogP contribution in [0.25, 0.3) is 0 Å². The van der Waals surface area contributed by atoms with E-state index in [2.05, 4.69) is 26.9 Å². The number of benzene rings is 1. The topological polar surface area (TPSA) is 104 Å². The number of carbonyl (C=O) groups is 1. The number of rotatable bonds is 9. The highest BCUT2D eigenvalue weighted by Gasteiger charge is 2.21. The van der Waals surface area contributed by atoms with Gasteiger partial charge in [-0.15, -0.1) is 0 Å². The van der Waals surface area contributed by atoms with Crippen molar-refractivity contribution < 1.29 is 18.8 Å². The van der Waals surface area contributed by atoms with Crippen LogP contribution in [0, 0.1) is 13.8 Å². The number of hydrogen-bond donors (Lipinski definition) is 1. The number of ether oxygens (including phenoxy) is 2. The molecule has 0 spiro atoms. The van der Waals surface area contributed by atoms with E-state index in [1.807, 2.05) is 19.1 Å². The summed E-state index contributed by atoms with van der Waals surface area (Å²) < 4.78 is 18.6. The van der Waals surface area contributed by atoms with Gasteiger partial charge in [0.25, 0.3) is 0 Å². The number of thioether (sulfide) groups is 1. The number of para-hydroxylation sites is 2. The molecule has 1 atom stereocenters. The normalized spacial score (nSPS) is 15.8. The molecule has 32 heavy (non-hydrogen) atoms. The molecule has 1 N–H and O–H groups in total. The van der Waals surface area contributed by atoms with Crippen LogP contribution >= 0.6 is 11.8 Å². The van der Waals surface area contributed by atoms with E-state index in [1.54, 1.807) is 31.0 Å². The van der Waals surface area contributed by atoms with E-state index in [4.69, 9.17) is 19.0 Å². The second kappa shape index (κ2) is 10.2. The summed E-state index contributed by atoms with van der Waals surface area (Å²) >= 11 is 1.54. The Hall–Kier alpha value is -2.85. The van der Waals surface area contributed by atoms with E-state index >= 15 is 0 Å². The highest BCUT2D eigenvalue weighted by molar-refractivity contribution is 7.98. The van der Waals surface area contributed by atoms with Crippen LogP contribution < -0.4 is 10.1 Å². The molecule has 3 aromatic rings. The molecule has 1 amide bonds. The minimum Gasteiger partial charge on any atom is -0.495 e. The zero-order valence-corrected chi connectivity index (χ0v) is 19.3. The summed E-state index contributed by atoms with van der Waals surface area (Å²) in [6, 6.07) is 7.23. The second-order valence-corrected chi connectivity index (χ2v) is 8.57. The summed E-state index contributed by atoms with van der Waals surface area (Å²) in [7, 11) is 1.56. The summed E-state index contributed by atoms with van der Waals surface area (Å²) in [6.07, 6.45) is 2.43. The number of nitrogens with one attached hydrogen (secondary N) is 1. The lowest BCUT2D eigenvalue weighted by atomic mass is 10.2. The van der Waals surface area contributed by atoms with Crippen molar-refractivity contribution in [3.63, 3.8) is 0 Å². The number of aromatic nitrogens is 4. The molecule has 1 saturated heterocycles. The Kier molecular flexibility index (Phi) is 7.11. The van der Waals surface area contributed by atoms with E-state index in [1.165, 1.54) is 0 Å². The molecule has 1 unspecified atom stereocenters. The Morgan fingerprint density at radius 1 is 1.31 bits per heavy atom. The summed E-state index contributed by atoms with van der Waals surface area (Å²) in [5.74, 6) is 1.62. The van der Waals surface area contributed by atoms with Gasteiger partial charge in [0.1, 0.15) is 5.75 Å². The molecule has 1 aliphatic rings. The van der Waals surface area contributed by atoms with Crippen molar-refractivity contribution in [2.75, 3.05) is 19.0 Å². The standard InChI is InChI=1S/C22H27N5O4S/c1-14-15(2)27(12-16-7-6-10-30-16)22(23-14)32-13-21-25-19(26-31-21)11-20(28)24-17-8-4-5-9-18(17)29-3/h4-5,8-9,16H,6-7,10-13H2,1-3H3,(H,24,28). The van der Waals surface area contributed by atoms with Crippen LogP contribution in [0.1, 0.15) is 35.9 Å². The first-order chi connectivity index (χ1) is 15.5. The molecule has 0 bridgehead atoms. The van der Waals surface area contributed by atoms with E-state index in [0.717, 1.165) is 42.5 Å². The average molecular weight is 458 g/mol. The number of carbonyl (C=O) groups excluding carboxylic acids is 1. The van der Waals surface area contributed by atoms with E-state index in [9.17, 15) is 4.79 Å². The zero-order chi connectivity index (χ0) is 22.5. The fourth-order valence-corrected chi connectivity index (χ4v) is 4.51. The second-order valence-electron chi connectivity index (χ2n) is 7.63. The lowest BCUT2D eigenvalue weighted by Crippen LogP contribution is -2.16. The summed E-state index contributed by atoms with van der Waals surface area (Å²) in [4.78, 5) is 21.4. The smallest absolute Gasteiger partial charge is 0.237 e.